The third kappa shape index (κ3) is 5.47. The molecule has 3 nitrogen and oxygen atoms in total. The van der Waals surface area contributed by atoms with Crippen LogP contribution in [0.2, 0.25) is 0 Å². The van der Waals surface area contributed by atoms with Crippen LogP contribution in [-0.4, -0.2) is 30.4 Å². The van der Waals surface area contributed by atoms with Crippen LogP contribution in [0.4, 0.5) is 4.39 Å². The highest BCUT2D eigenvalue weighted by Crippen LogP contribution is 2.32. The van der Waals surface area contributed by atoms with Crippen LogP contribution in [0.3, 0.4) is 0 Å². The number of benzene rings is 1. The summed E-state index contributed by atoms with van der Waals surface area (Å²) in [4.78, 5) is 14.7. The molecule has 1 aromatic carbocycles. The second kappa shape index (κ2) is 9.89. The topological polar surface area (TPSA) is 46.3 Å². The number of carbonyl (C=O) groups is 1. The molecule has 0 bridgehead atoms. The molecule has 5 heteroatoms. The summed E-state index contributed by atoms with van der Waals surface area (Å²) in [5, 5.41) is 0. The molecule has 0 heterocycles. The predicted molar refractivity (Wildman–Crippen MR) is 94.1 cm³/mol. The number of carbonyl (C=O) groups excluding carboxylic acids is 1. The van der Waals surface area contributed by atoms with Crippen molar-refractivity contribution in [2.75, 3.05) is 19.6 Å². The zero-order valence-corrected chi connectivity index (χ0v) is 14.7. The number of amides is 1. The summed E-state index contributed by atoms with van der Waals surface area (Å²) in [5.41, 5.74) is 6.75. The molecule has 0 saturated heterocycles. The van der Waals surface area contributed by atoms with Crippen molar-refractivity contribution >= 4 is 18.3 Å². The predicted octanol–water partition coefficient (Wildman–Crippen LogP) is 3.40. The van der Waals surface area contributed by atoms with Gasteiger partial charge in [-0.05, 0) is 55.8 Å². The molecule has 1 fully saturated rings. The first-order valence-electron chi connectivity index (χ1n) is 8.39. The van der Waals surface area contributed by atoms with Gasteiger partial charge >= 0.3 is 0 Å². The maximum atomic E-state index is 13.2. The highest BCUT2D eigenvalue weighted by atomic mass is 35.5. The minimum absolute atomic E-state index is 0. The quantitative estimate of drug-likeness (QED) is 0.825. The monoisotopic (exact) mass is 342 g/mol. The second-order valence-corrected chi connectivity index (χ2v) is 6.24. The van der Waals surface area contributed by atoms with Gasteiger partial charge in [0.25, 0.3) is 0 Å². The van der Waals surface area contributed by atoms with E-state index in [4.69, 9.17) is 5.73 Å². The van der Waals surface area contributed by atoms with Crippen molar-refractivity contribution in [1.82, 2.24) is 4.90 Å². The van der Waals surface area contributed by atoms with Gasteiger partial charge in [0.1, 0.15) is 5.82 Å². The van der Waals surface area contributed by atoms with E-state index in [0.29, 0.717) is 25.4 Å². The highest BCUT2D eigenvalue weighted by molar-refractivity contribution is 5.85. The van der Waals surface area contributed by atoms with Crippen molar-refractivity contribution in [2.24, 2.45) is 17.6 Å². The van der Waals surface area contributed by atoms with Crippen LogP contribution in [-0.2, 0) is 11.2 Å². The van der Waals surface area contributed by atoms with Crippen molar-refractivity contribution in [2.45, 2.75) is 39.0 Å². The molecule has 1 aromatic rings. The van der Waals surface area contributed by atoms with Crippen molar-refractivity contribution in [3.05, 3.63) is 35.6 Å². The van der Waals surface area contributed by atoms with E-state index < -0.39 is 0 Å². The SMILES string of the molecule is CCCN(CCc1cccc(F)c1)C(=O)[C@@H]1CCC[C@@H]1CN.Cl. The van der Waals surface area contributed by atoms with Crippen LogP contribution in [0, 0.1) is 17.7 Å². The number of halogens is 2. The molecule has 2 N–H and O–H groups in total. The molecule has 0 aromatic heterocycles. The lowest BCUT2D eigenvalue weighted by Crippen LogP contribution is -2.40. The molecule has 1 aliphatic rings. The molecule has 0 radical (unpaired) electrons. The van der Waals surface area contributed by atoms with E-state index in [1.54, 1.807) is 12.1 Å². The van der Waals surface area contributed by atoms with Gasteiger partial charge in [0.2, 0.25) is 5.91 Å². The Bertz CT molecular complexity index is 498. The van der Waals surface area contributed by atoms with E-state index in [0.717, 1.165) is 37.8 Å². The summed E-state index contributed by atoms with van der Waals surface area (Å²) < 4.78 is 13.2. The molecular formula is C18H28ClFN2O. The standard InChI is InChI=1S/C18H27FN2O.ClH/c1-2-10-21(11-9-14-5-3-7-16(19)12-14)18(22)17-8-4-6-15(17)13-20;/h3,5,7,12,15,17H,2,4,6,8-11,13,20H2,1H3;1H/t15-,17-;/m1./s1. The van der Waals surface area contributed by atoms with Crippen LogP contribution in [0.1, 0.15) is 38.2 Å². The maximum Gasteiger partial charge on any atom is 0.226 e. The summed E-state index contributed by atoms with van der Waals surface area (Å²) in [5.74, 6) is 0.446. The van der Waals surface area contributed by atoms with E-state index in [2.05, 4.69) is 6.92 Å². The average Bonchev–Trinajstić information content (AvgIpc) is 2.99. The van der Waals surface area contributed by atoms with Crippen molar-refractivity contribution in [3.63, 3.8) is 0 Å². The zero-order chi connectivity index (χ0) is 15.9. The minimum atomic E-state index is -0.218. The van der Waals surface area contributed by atoms with E-state index in [1.807, 2.05) is 11.0 Å². The van der Waals surface area contributed by atoms with Crippen LogP contribution in [0.5, 0.6) is 0 Å². The smallest absolute Gasteiger partial charge is 0.226 e. The van der Waals surface area contributed by atoms with E-state index in [-0.39, 0.29) is 30.0 Å². The van der Waals surface area contributed by atoms with Gasteiger partial charge < -0.3 is 10.6 Å². The van der Waals surface area contributed by atoms with Gasteiger partial charge in [-0.3, -0.25) is 4.79 Å². The van der Waals surface area contributed by atoms with Gasteiger partial charge in [-0.25, -0.2) is 4.39 Å². The maximum absolute atomic E-state index is 13.2. The van der Waals surface area contributed by atoms with Crippen LogP contribution in [0.25, 0.3) is 0 Å². The van der Waals surface area contributed by atoms with E-state index in [9.17, 15) is 9.18 Å². The van der Waals surface area contributed by atoms with Gasteiger partial charge in [-0.15, -0.1) is 12.4 Å². The molecule has 0 aliphatic heterocycles. The van der Waals surface area contributed by atoms with Gasteiger partial charge in [0.05, 0.1) is 0 Å². The minimum Gasteiger partial charge on any atom is -0.342 e. The molecule has 1 aliphatic carbocycles. The highest BCUT2D eigenvalue weighted by Gasteiger charge is 2.34. The Kier molecular flexibility index (Phi) is 8.56. The number of hydrogen-bond acceptors (Lipinski definition) is 2. The number of nitrogens with two attached hydrogens (primary N) is 1. The fraction of sp³-hybridized carbons (Fsp3) is 0.611. The lowest BCUT2D eigenvalue weighted by atomic mass is 9.94. The van der Waals surface area contributed by atoms with Gasteiger partial charge in [-0.2, -0.15) is 0 Å². The molecule has 2 atom stereocenters. The Labute approximate surface area is 144 Å². The molecular weight excluding hydrogens is 315 g/mol. The Morgan fingerprint density at radius 3 is 2.78 bits per heavy atom. The number of nitrogens with zero attached hydrogens (tertiary/aromatic N) is 1. The van der Waals surface area contributed by atoms with Crippen LogP contribution in [0.15, 0.2) is 24.3 Å². The molecule has 130 valence electrons. The Morgan fingerprint density at radius 1 is 1.35 bits per heavy atom. The average molecular weight is 343 g/mol. The second-order valence-electron chi connectivity index (χ2n) is 6.24. The first kappa shape index (κ1) is 19.9. The molecule has 23 heavy (non-hydrogen) atoms. The summed E-state index contributed by atoms with van der Waals surface area (Å²) >= 11 is 0. The summed E-state index contributed by atoms with van der Waals surface area (Å²) in [6, 6.07) is 6.63. The van der Waals surface area contributed by atoms with Crippen molar-refractivity contribution in [3.8, 4) is 0 Å². The van der Waals surface area contributed by atoms with Gasteiger partial charge in [0.15, 0.2) is 0 Å². The lowest BCUT2D eigenvalue weighted by Gasteiger charge is -2.28. The lowest BCUT2D eigenvalue weighted by molar-refractivity contribution is -0.136. The summed E-state index contributed by atoms with van der Waals surface area (Å²) in [6.45, 7) is 4.10. The Morgan fingerprint density at radius 2 is 2.13 bits per heavy atom. The molecule has 0 unspecified atom stereocenters. The van der Waals surface area contributed by atoms with Crippen molar-refractivity contribution < 1.29 is 9.18 Å². The fourth-order valence-corrected chi connectivity index (χ4v) is 3.44. The third-order valence-electron chi connectivity index (χ3n) is 4.64. The van der Waals surface area contributed by atoms with E-state index >= 15 is 0 Å². The number of hydrogen-bond donors (Lipinski definition) is 1. The third-order valence-corrected chi connectivity index (χ3v) is 4.64. The first-order chi connectivity index (χ1) is 10.7. The number of rotatable bonds is 7. The summed E-state index contributed by atoms with van der Waals surface area (Å²) in [6.07, 6.45) is 4.76. The Hall–Kier alpha value is -1.13. The van der Waals surface area contributed by atoms with Gasteiger partial charge in [-0.1, -0.05) is 25.5 Å². The van der Waals surface area contributed by atoms with Crippen LogP contribution >= 0.6 is 12.4 Å². The fourth-order valence-electron chi connectivity index (χ4n) is 3.44. The zero-order valence-electron chi connectivity index (χ0n) is 13.8. The van der Waals surface area contributed by atoms with Crippen molar-refractivity contribution in [1.29, 1.82) is 0 Å². The molecule has 0 spiro atoms. The normalized spacial score (nSPS) is 20.1. The largest absolute Gasteiger partial charge is 0.342 e. The van der Waals surface area contributed by atoms with Gasteiger partial charge in [0, 0.05) is 19.0 Å². The molecule has 1 amide bonds. The first-order valence-corrected chi connectivity index (χ1v) is 8.39. The van der Waals surface area contributed by atoms with Crippen LogP contribution < -0.4 is 5.73 Å². The molecule has 2 rings (SSSR count). The molecule has 1 saturated carbocycles. The Balaban J connectivity index is 0.00000264. The van der Waals surface area contributed by atoms with E-state index in [1.165, 1.54) is 6.07 Å². The summed E-state index contributed by atoms with van der Waals surface area (Å²) in [7, 11) is 0.